The van der Waals surface area contributed by atoms with Crippen molar-refractivity contribution in [3.8, 4) is 23.8 Å². The molecule has 0 aliphatic heterocycles. The number of rotatable bonds is 5. The molecule has 0 radical (unpaired) electrons. The Hall–Kier alpha value is -2.12. The quantitative estimate of drug-likeness (QED) is 0.647. The fraction of sp³-hybridized carbons (Fsp3) is 0.125. The molecule has 4 heteroatoms. The zero-order valence-corrected chi connectivity index (χ0v) is 12.4. The van der Waals surface area contributed by atoms with Crippen LogP contribution in [0.3, 0.4) is 0 Å². The molecule has 0 heterocycles. The van der Waals surface area contributed by atoms with Crippen LogP contribution >= 0.6 is 15.9 Å². The van der Waals surface area contributed by atoms with Gasteiger partial charge in [-0.1, -0.05) is 21.9 Å². The summed E-state index contributed by atoms with van der Waals surface area (Å²) < 4.78 is 6.49. The van der Waals surface area contributed by atoms with Gasteiger partial charge in [-0.25, -0.2) is 0 Å². The minimum Gasteiger partial charge on any atom is -0.508 e. The second-order valence-electron chi connectivity index (χ2n) is 4.15. The fourth-order valence-electron chi connectivity index (χ4n) is 1.72. The molecule has 0 bridgehead atoms. The Balaban J connectivity index is 2.09. The molecular formula is C16H14BrNO2. The molecule has 0 spiro atoms. The maximum absolute atomic E-state index is 9.25. The molecule has 3 nitrogen and oxygen atoms in total. The molecule has 20 heavy (non-hydrogen) atoms. The minimum absolute atomic E-state index is 0.244. The highest BCUT2D eigenvalue weighted by Crippen LogP contribution is 2.24. The van der Waals surface area contributed by atoms with Crippen LogP contribution in [0, 0.1) is 12.3 Å². The summed E-state index contributed by atoms with van der Waals surface area (Å²) in [6.45, 7) is 0.845. The van der Waals surface area contributed by atoms with Gasteiger partial charge in [0.25, 0.3) is 0 Å². The molecule has 102 valence electrons. The summed E-state index contributed by atoms with van der Waals surface area (Å²) in [6.07, 6.45) is 5.21. The first kappa shape index (κ1) is 14.3. The van der Waals surface area contributed by atoms with Crippen molar-refractivity contribution >= 4 is 21.6 Å². The summed E-state index contributed by atoms with van der Waals surface area (Å²) in [5.74, 6) is 3.46. The summed E-state index contributed by atoms with van der Waals surface area (Å²) in [4.78, 5) is 0. The summed E-state index contributed by atoms with van der Waals surface area (Å²) in [7, 11) is 0. The van der Waals surface area contributed by atoms with Gasteiger partial charge in [0, 0.05) is 22.3 Å². The van der Waals surface area contributed by atoms with Gasteiger partial charge in [0.15, 0.2) is 0 Å². The number of ether oxygens (including phenoxy) is 1. The third kappa shape index (κ3) is 3.94. The number of phenols is 1. The van der Waals surface area contributed by atoms with E-state index in [1.165, 1.54) is 0 Å². The Labute approximate surface area is 126 Å². The largest absolute Gasteiger partial charge is 0.508 e. The van der Waals surface area contributed by atoms with Crippen molar-refractivity contribution in [3.63, 3.8) is 0 Å². The predicted molar refractivity (Wildman–Crippen MR) is 83.9 cm³/mol. The van der Waals surface area contributed by atoms with Crippen LogP contribution in [-0.4, -0.2) is 11.7 Å². The molecule has 0 aliphatic carbocycles. The molecule has 0 unspecified atom stereocenters. The number of hydrogen-bond acceptors (Lipinski definition) is 3. The average Bonchev–Trinajstić information content (AvgIpc) is 2.46. The van der Waals surface area contributed by atoms with Gasteiger partial charge < -0.3 is 15.2 Å². The van der Waals surface area contributed by atoms with Crippen molar-refractivity contribution in [2.45, 2.75) is 6.54 Å². The smallest absolute Gasteiger partial charge is 0.148 e. The maximum atomic E-state index is 9.25. The Morgan fingerprint density at radius 1 is 1.20 bits per heavy atom. The third-order valence-electron chi connectivity index (χ3n) is 2.68. The number of aromatic hydroxyl groups is 1. The monoisotopic (exact) mass is 331 g/mol. The lowest BCUT2D eigenvalue weighted by Gasteiger charge is -2.12. The molecule has 0 aromatic heterocycles. The lowest BCUT2D eigenvalue weighted by atomic mass is 10.2. The second kappa shape index (κ2) is 6.88. The van der Waals surface area contributed by atoms with Gasteiger partial charge in [0.1, 0.15) is 18.1 Å². The molecule has 0 saturated carbocycles. The molecular weight excluding hydrogens is 318 g/mol. The highest BCUT2D eigenvalue weighted by molar-refractivity contribution is 9.10. The Kier molecular flexibility index (Phi) is 4.91. The van der Waals surface area contributed by atoms with Crippen LogP contribution < -0.4 is 10.1 Å². The van der Waals surface area contributed by atoms with E-state index in [0.29, 0.717) is 6.54 Å². The minimum atomic E-state index is 0.244. The van der Waals surface area contributed by atoms with Crippen LogP contribution in [0.4, 0.5) is 5.69 Å². The molecule has 0 fully saturated rings. The van der Waals surface area contributed by atoms with E-state index < -0.39 is 0 Å². The van der Waals surface area contributed by atoms with E-state index in [4.69, 9.17) is 11.2 Å². The van der Waals surface area contributed by atoms with Gasteiger partial charge in [0.05, 0.1) is 0 Å². The Morgan fingerprint density at radius 2 is 1.95 bits per heavy atom. The van der Waals surface area contributed by atoms with Crippen molar-refractivity contribution in [1.82, 2.24) is 0 Å². The summed E-state index contributed by atoms with van der Waals surface area (Å²) in [5, 5.41) is 12.5. The number of anilines is 1. The summed E-state index contributed by atoms with van der Waals surface area (Å²) in [5.41, 5.74) is 1.92. The van der Waals surface area contributed by atoms with Gasteiger partial charge in [-0.2, -0.15) is 0 Å². The number of terminal acetylenes is 1. The molecule has 2 N–H and O–H groups in total. The lowest BCUT2D eigenvalue weighted by molar-refractivity contribution is 0.366. The van der Waals surface area contributed by atoms with E-state index in [9.17, 15) is 5.11 Å². The van der Waals surface area contributed by atoms with Gasteiger partial charge in [-0.05, 0) is 42.5 Å². The van der Waals surface area contributed by atoms with Crippen LogP contribution in [0.1, 0.15) is 5.56 Å². The van der Waals surface area contributed by atoms with Crippen LogP contribution in [0.15, 0.2) is 46.9 Å². The second-order valence-corrected chi connectivity index (χ2v) is 5.06. The van der Waals surface area contributed by atoms with E-state index >= 15 is 0 Å². The molecule has 2 rings (SSSR count). The van der Waals surface area contributed by atoms with Gasteiger partial charge in [-0.15, -0.1) is 6.42 Å². The normalized spacial score (nSPS) is 9.80. The van der Waals surface area contributed by atoms with Crippen molar-refractivity contribution < 1.29 is 9.84 Å². The van der Waals surface area contributed by atoms with Crippen LogP contribution in [0.25, 0.3) is 0 Å². The average molecular weight is 332 g/mol. The first-order chi connectivity index (χ1) is 9.69. The van der Waals surface area contributed by atoms with Gasteiger partial charge in [-0.3, -0.25) is 0 Å². The maximum Gasteiger partial charge on any atom is 0.148 e. The van der Waals surface area contributed by atoms with Gasteiger partial charge >= 0.3 is 0 Å². The first-order valence-electron chi connectivity index (χ1n) is 6.06. The van der Waals surface area contributed by atoms with Crippen molar-refractivity contribution in [3.05, 3.63) is 52.5 Å². The fourth-order valence-corrected chi connectivity index (χ4v) is 2.13. The van der Waals surface area contributed by atoms with Crippen molar-refractivity contribution in [1.29, 1.82) is 0 Å². The van der Waals surface area contributed by atoms with Crippen LogP contribution in [0.2, 0.25) is 0 Å². The van der Waals surface area contributed by atoms with Crippen LogP contribution in [-0.2, 0) is 6.54 Å². The number of hydrogen-bond donors (Lipinski definition) is 2. The van der Waals surface area contributed by atoms with E-state index in [1.807, 2.05) is 30.3 Å². The molecule has 0 aliphatic rings. The zero-order chi connectivity index (χ0) is 14.4. The van der Waals surface area contributed by atoms with E-state index in [0.717, 1.165) is 21.5 Å². The third-order valence-corrected chi connectivity index (χ3v) is 3.18. The molecule has 2 aromatic carbocycles. The standard InChI is InChI=1S/C16H14BrNO2/c1-2-9-20-16-8-3-13(17)10-12(16)11-18-14-4-6-15(19)7-5-14/h1,3-8,10,18-19H,9,11H2. The molecule has 0 atom stereocenters. The summed E-state index contributed by atoms with van der Waals surface area (Å²) in [6, 6.07) is 12.7. The molecule has 0 saturated heterocycles. The number of halogens is 1. The topological polar surface area (TPSA) is 41.5 Å². The van der Waals surface area contributed by atoms with Crippen molar-refractivity contribution in [2.24, 2.45) is 0 Å². The van der Waals surface area contributed by atoms with Crippen molar-refractivity contribution in [2.75, 3.05) is 11.9 Å². The van der Waals surface area contributed by atoms with E-state index in [1.54, 1.807) is 12.1 Å². The SMILES string of the molecule is C#CCOc1ccc(Br)cc1CNc1ccc(O)cc1. The van der Waals surface area contributed by atoms with E-state index in [2.05, 4.69) is 27.2 Å². The van der Waals surface area contributed by atoms with Gasteiger partial charge in [0.2, 0.25) is 0 Å². The number of phenolic OH excluding ortho intramolecular Hbond substituents is 1. The number of benzene rings is 2. The highest BCUT2D eigenvalue weighted by Gasteiger charge is 2.04. The Morgan fingerprint density at radius 3 is 2.65 bits per heavy atom. The predicted octanol–water partition coefficient (Wildman–Crippen LogP) is 3.78. The molecule has 2 aromatic rings. The first-order valence-corrected chi connectivity index (χ1v) is 6.86. The zero-order valence-electron chi connectivity index (χ0n) is 10.8. The van der Waals surface area contributed by atoms with Crippen LogP contribution in [0.5, 0.6) is 11.5 Å². The van der Waals surface area contributed by atoms with E-state index in [-0.39, 0.29) is 12.4 Å². The Bertz CT molecular complexity index is 617. The highest BCUT2D eigenvalue weighted by atomic mass is 79.9. The molecule has 0 amide bonds. The lowest BCUT2D eigenvalue weighted by Crippen LogP contribution is -2.03. The number of nitrogens with one attached hydrogen (secondary N) is 1. The summed E-state index contributed by atoms with van der Waals surface area (Å²) >= 11 is 3.44.